The number of likely N-dealkylation sites (tertiary alicyclic amines) is 1. The van der Waals surface area contributed by atoms with E-state index in [2.05, 4.69) is 30.8 Å². The second kappa shape index (κ2) is 11.3. The van der Waals surface area contributed by atoms with E-state index in [1.807, 2.05) is 0 Å². The van der Waals surface area contributed by atoms with Crippen LogP contribution in [-0.4, -0.2) is 74.3 Å². The van der Waals surface area contributed by atoms with Crippen molar-refractivity contribution in [1.82, 2.24) is 24.4 Å². The number of aryl methyl sites for hydroxylation is 1. The molecule has 1 saturated carbocycles. The normalized spacial score (nSPS) is 17.3. The average Bonchev–Trinajstić information content (AvgIpc) is 3.43. The summed E-state index contributed by atoms with van der Waals surface area (Å²) in [6.07, 6.45) is 7.09. The summed E-state index contributed by atoms with van der Waals surface area (Å²) in [7, 11) is 0. The van der Waals surface area contributed by atoms with Gasteiger partial charge < -0.3 is 14.7 Å². The number of halogens is 1. The Morgan fingerprint density at radius 1 is 1.19 bits per heavy atom. The van der Waals surface area contributed by atoms with Gasteiger partial charge in [0.05, 0.1) is 39.4 Å². The highest BCUT2D eigenvalue weighted by Crippen LogP contribution is 2.45. The van der Waals surface area contributed by atoms with Gasteiger partial charge in [-0.1, -0.05) is 18.0 Å². The predicted octanol–water partition coefficient (Wildman–Crippen LogP) is 5.35. The molecule has 13 heteroatoms. The van der Waals surface area contributed by atoms with Crippen molar-refractivity contribution in [2.24, 2.45) is 5.41 Å². The Kier molecular flexibility index (Phi) is 7.16. The Morgan fingerprint density at radius 2 is 2.00 bits per heavy atom. The number of pyridine rings is 2. The van der Waals surface area contributed by atoms with Crippen LogP contribution in [-0.2, 0) is 6.54 Å². The van der Waals surface area contributed by atoms with Gasteiger partial charge in [-0.2, -0.15) is 5.26 Å². The number of fused-ring (bicyclic) bond motifs is 2. The molecule has 8 rings (SSSR count). The number of anilines is 1. The topological polar surface area (TPSA) is 137 Å². The molecule has 1 aliphatic carbocycles. The zero-order valence-electron chi connectivity index (χ0n) is 25.6. The van der Waals surface area contributed by atoms with Gasteiger partial charge in [0, 0.05) is 65.4 Å². The van der Waals surface area contributed by atoms with Crippen LogP contribution in [0.3, 0.4) is 0 Å². The number of nitriles is 1. The third-order valence-electron chi connectivity index (χ3n) is 9.79. The van der Waals surface area contributed by atoms with Crippen molar-refractivity contribution in [2.75, 3.05) is 37.7 Å². The molecule has 0 radical (unpaired) electrons. The smallest absolute Gasteiger partial charge is 0.338 e. The molecule has 47 heavy (non-hydrogen) atoms. The SMILES string of the molecule is Cc1nc2cnc(N3CC4(C3)CN(C3CCC3)C4)c(C#N)c2c(=O)n1CCOc1ccc(Cl)cc1-c1ccnc2c(C(=O)O)csc12. The maximum absolute atomic E-state index is 13.9. The van der Waals surface area contributed by atoms with Gasteiger partial charge in [-0.15, -0.1) is 11.3 Å². The van der Waals surface area contributed by atoms with Gasteiger partial charge in [-0.25, -0.2) is 14.8 Å². The van der Waals surface area contributed by atoms with Crippen LogP contribution >= 0.6 is 22.9 Å². The number of aromatic nitrogens is 4. The molecule has 4 aromatic heterocycles. The van der Waals surface area contributed by atoms with Gasteiger partial charge in [-0.3, -0.25) is 19.2 Å². The largest absolute Gasteiger partial charge is 0.491 e. The summed E-state index contributed by atoms with van der Waals surface area (Å²) in [5, 5.41) is 22.2. The molecule has 1 aromatic carbocycles. The Balaban J connectivity index is 1.05. The van der Waals surface area contributed by atoms with Gasteiger partial charge in [0.15, 0.2) is 0 Å². The highest BCUT2D eigenvalue weighted by molar-refractivity contribution is 7.18. The second-order valence-corrected chi connectivity index (χ2v) is 14.1. The maximum Gasteiger partial charge on any atom is 0.338 e. The van der Waals surface area contributed by atoms with Crippen molar-refractivity contribution < 1.29 is 14.6 Å². The van der Waals surface area contributed by atoms with Gasteiger partial charge in [0.2, 0.25) is 0 Å². The van der Waals surface area contributed by atoms with E-state index in [9.17, 15) is 20.0 Å². The van der Waals surface area contributed by atoms with Crippen molar-refractivity contribution in [3.63, 3.8) is 0 Å². The summed E-state index contributed by atoms with van der Waals surface area (Å²) in [6.45, 7) is 5.93. The number of hydrogen-bond donors (Lipinski definition) is 1. The fourth-order valence-corrected chi connectivity index (χ4v) is 8.44. The van der Waals surface area contributed by atoms with Crippen LogP contribution < -0.4 is 15.2 Å². The lowest BCUT2D eigenvalue weighted by Gasteiger charge is -2.63. The molecule has 238 valence electrons. The first-order valence-corrected chi connectivity index (χ1v) is 16.8. The number of ether oxygens (including phenoxy) is 1. The van der Waals surface area contributed by atoms with E-state index in [0.717, 1.165) is 37.8 Å². The standard InChI is InChI=1S/C34H30ClN7O4S/c1-19-39-26-13-38-31(41-17-34(18-41)15-40(16-34)21-3-2-4-21)24(12-36)28(26)32(43)42(19)9-10-46-27-6-5-20(35)11-23(27)22-7-8-37-29-25(33(44)45)14-47-30(22)29/h5-8,11,13-14,21H,2-4,9-10,15-18H2,1H3,(H,44,45). The van der Waals surface area contributed by atoms with Gasteiger partial charge >= 0.3 is 5.97 Å². The number of benzene rings is 1. The van der Waals surface area contributed by atoms with Crippen LogP contribution in [0.2, 0.25) is 5.02 Å². The molecule has 11 nitrogen and oxygen atoms in total. The van der Waals surface area contributed by atoms with E-state index < -0.39 is 5.97 Å². The van der Waals surface area contributed by atoms with Crippen molar-refractivity contribution in [3.05, 3.63) is 74.4 Å². The highest BCUT2D eigenvalue weighted by Gasteiger charge is 2.54. The fraction of sp³-hybridized carbons (Fsp3) is 0.353. The van der Waals surface area contributed by atoms with Crippen LogP contribution in [0, 0.1) is 23.7 Å². The summed E-state index contributed by atoms with van der Waals surface area (Å²) in [5.41, 5.74) is 2.57. The maximum atomic E-state index is 13.9. The molecular weight excluding hydrogens is 638 g/mol. The van der Waals surface area contributed by atoms with Crippen molar-refractivity contribution in [2.45, 2.75) is 38.8 Å². The Hall–Kier alpha value is -4.57. The van der Waals surface area contributed by atoms with E-state index in [1.165, 1.54) is 35.2 Å². The number of rotatable bonds is 8. The Morgan fingerprint density at radius 3 is 2.72 bits per heavy atom. The Labute approximate surface area is 278 Å². The zero-order chi connectivity index (χ0) is 32.4. The van der Waals surface area contributed by atoms with Crippen molar-refractivity contribution in [3.8, 4) is 22.9 Å². The first-order chi connectivity index (χ1) is 22.7. The first kappa shape index (κ1) is 29.8. The number of carboxylic acids is 1. The highest BCUT2D eigenvalue weighted by atomic mass is 35.5. The lowest BCUT2D eigenvalue weighted by atomic mass is 9.70. The molecule has 6 heterocycles. The number of carboxylic acid groups (broad SMARTS) is 1. The number of hydrogen-bond acceptors (Lipinski definition) is 10. The molecule has 0 atom stereocenters. The third kappa shape index (κ3) is 4.92. The summed E-state index contributed by atoms with van der Waals surface area (Å²) in [6, 6.07) is 10.0. The molecule has 0 unspecified atom stereocenters. The summed E-state index contributed by atoms with van der Waals surface area (Å²) >= 11 is 7.67. The molecule has 2 aliphatic heterocycles. The minimum atomic E-state index is -1.04. The van der Waals surface area contributed by atoms with E-state index in [1.54, 1.807) is 49.0 Å². The molecule has 5 aromatic rings. The summed E-state index contributed by atoms with van der Waals surface area (Å²) in [4.78, 5) is 43.9. The predicted molar refractivity (Wildman–Crippen MR) is 180 cm³/mol. The van der Waals surface area contributed by atoms with E-state index in [4.69, 9.17) is 16.3 Å². The van der Waals surface area contributed by atoms with Gasteiger partial charge in [-0.05, 0) is 44.0 Å². The monoisotopic (exact) mass is 667 g/mol. The van der Waals surface area contributed by atoms with Gasteiger partial charge in [0.25, 0.3) is 5.56 Å². The molecule has 0 amide bonds. The molecular formula is C34H30ClN7O4S. The van der Waals surface area contributed by atoms with Crippen LogP contribution in [0.15, 0.2) is 46.8 Å². The second-order valence-electron chi connectivity index (χ2n) is 12.8. The summed E-state index contributed by atoms with van der Waals surface area (Å²) in [5.74, 6) is 0.519. The molecule has 3 aliphatic rings. The third-order valence-corrected chi connectivity index (χ3v) is 11.0. The number of nitrogens with zero attached hydrogens (tertiary/aromatic N) is 7. The van der Waals surface area contributed by atoms with Gasteiger partial charge in [0.1, 0.15) is 35.6 Å². The van der Waals surface area contributed by atoms with E-state index in [0.29, 0.717) is 43.7 Å². The van der Waals surface area contributed by atoms with Crippen LogP contribution in [0.4, 0.5) is 5.82 Å². The van der Waals surface area contributed by atoms with Crippen LogP contribution in [0.25, 0.3) is 32.2 Å². The molecule has 1 N–H and O–H groups in total. The average molecular weight is 668 g/mol. The molecule has 2 saturated heterocycles. The minimum absolute atomic E-state index is 0.133. The number of thiophene rings is 1. The summed E-state index contributed by atoms with van der Waals surface area (Å²) < 4.78 is 8.47. The molecule has 3 fully saturated rings. The zero-order valence-corrected chi connectivity index (χ0v) is 27.1. The number of aromatic carboxylic acids is 1. The lowest BCUT2D eigenvalue weighted by molar-refractivity contribution is -0.0692. The van der Waals surface area contributed by atoms with Crippen LogP contribution in [0.1, 0.15) is 41.0 Å². The quantitative estimate of drug-likeness (QED) is 0.230. The Bertz CT molecular complexity index is 2190. The molecule has 1 spiro atoms. The first-order valence-electron chi connectivity index (χ1n) is 15.6. The van der Waals surface area contributed by atoms with E-state index in [-0.39, 0.29) is 40.6 Å². The van der Waals surface area contributed by atoms with Crippen molar-refractivity contribution in [1.29, 1.82) is 5.26 Å². The van der Waals surface area contributed by atoms with Crippen LogP contribution in [0.5, 0.6) is 5.75 Å². The lowest BCUT2D eigenvalue weighted by Crippen LogP contribution is -2.74. The fourth-order valence-electron chi connectivity index (χ4n) is 7.24. The number of carbonyl (C=O) groups is 1. The van der Waals surface area contributed by atoms with Crippen molar-refractivity contribution >= 4 is 55.8 Å². The molecule has 0 bridgehead atoms. The van der Waals surface area contributed by atoms with E-state index >= 15 is 0 Å². The minimum Gasteiger partial charge on any atom is -0.491 e.